The molecule has 0 atom stereocenters. The fourth-order valence-electron chi connectivity index (χ4n) is 3.36. The van der Waals surface area contributed by atoms with Crippen molar-refractivity contribution >= 4 is 23.4 Å². The Balaban J connectivity index is 1.74. The van der Waals surface area contributed by atoms with Crippen LogP contribution < -0.4 is 14.2 Å². The van der Waals surface area contributed by atoms with Gasteiger partial charge in [0.25, 0.3) is 11.8 Å². The summed E-state index contributed by atoms with van der Waals surface area (Å²) in [6.45, 7) is 1.12. The van der Waals surface area contributed by atoms with Crippen LogP contribution in [0.5, 0.6) is 17.2 Å². The third kappa shape index (κ3) is 4.14. The number of carbonyl (C=O) groups is 2. The van der Waals surface area contributed by atoms with Crippen LogP contribution in [0.4, 0.5) is 4.39 Å². The first-order valence-electron chi connectivity index (χ1n) is 9.23. The number of nitrogens with zero attached hydrogens (tertiary/aromatic N) is 2. The van der Waals surface area contributed by atoms with Gasteiger partial charge in [0, 0.05) is 31.7 Å². The SMILES string of the molecule is COc1cc(C(=O)N2CCN(C(=O)c3c(F)cccc3Cl)CC2)cc(OC)c1OC. The molecule has 30 heavy (non-hydrogen) atoms. The van der Waals surface area contributed by atoms with Gasteiger partial charge in [0.2, 0.25) is 5.75 Å². The van der Waals surface area contributed by atoms with Crippen molar-refractivity contribution in [1.29, 1.82) is 0 Å². The summed E-state index contributed by atoms with van der Waals surface area (Å²) in [5.41, 5.74) is 0.227. The lowest BCUT2D eigenvalue weighted by Gasteiger charge is -2.35. The number of ether oxygens (including phenoxy) is 3. The molecule has 1 saturated heterocycles. The number of hydrogen-bond donors (Lipinski definition) is 0. The Morgan fingerprint density at radius 2 is 1.43 bits per heavy atom. The predicted octanol–water partition coefficient (Wildman–Crippen LogP) is 3.10. The van der Waals surface area contributed by atoms with Gasteiger partial charge in [-0.15, -0.1) is 0 Å². The van der Waals surface area contributed by atoms with E-state index in [0.717, 1.165) is 0 Å². The van der Waals surface area contributed by atoms with Crippen molar-refractivity contribution in [3.05, 3.63) is 52.3 Å². The minimum absolute atomic E-state index is 0.0657. The van der Waals surface area contributed by atoms with Gasteiger partial charge in [-0.2, -0.15) is 0 Å². The average molecular weight is 437 g/mol. The van der Waals surface area contributed by atoms with Gasteiger partial charge >= 0.3 is 0 Å². The topological polar surface area (TPSA) is 68.3 Å². The van der Waals surface area contributed by atoms with Crippen molar-refractivity contribution in [1.82, 2.24) is 9.80 Å². The second kappa shape index (κ2) is 9.21. The highest BCUT2D eigenvalue weighted by atomic mass is 35.5. The van der Waals surface area contributed by atoms with E-state index >= 15 is 0 Å². The Morgan fingerprint density at radius 1 is 0.900 bits per heavy atom. The van der Waals surface area contributed by atoms with Crippen LogP contribution >= 0.6 is 11.6 Å². The Labute approximate surface area is 178 Å². The lowest BCUT2D eigenvalue weighted by Crippen LogP contribution is -2.50. The summed E-state index contributed by atoms with van der Waals surface area (Å²) >= 11 is 6.00. The highest BCUT2D eigenvalue weighted by Crippen LogP contribution is 2.38. The Bertz CT molecular complexity index is 915. The summed E-state index contributed by atoms with van der Waals surface area (Å²) in [5.74, 6) is -0.230. The van der Waals surface area contributed by atoms with E-state index in [0.29, 0.717) is 35.9 Å². The van der Waals surface area contributed by atoms with Crippen LogP contribution in [-0.4, -0.2) is 69.1 Å². The minimum Gasteiger partial charge on any atom is -0.493 e. The molecule has 0 aromatic heterocycles. The van der Waals surface area contributed by atoms with E-state index in [4.69, 9.17) is 25.8 Å². The van der Waals surface area contributed by atoms with Crippen molar-refractivity contribution in [2.75, 3.05) is 47.5 Å². The number of benzene rings is 2. The first kappa shape index (κ1) is 21.7. The number of methoxy groups -OCH3 is 3. The zero-order valence-corrected chi connectivity index (χ0v) is 17.7. The monoisotopic (exact) mass is 436 g/mol. The van der Waals surface area contributed by atoms with E-state index in [-0.39, 0.29) is 29.6 Å². The van der Waals surface area contributed by atoms with Gasteiger partial charge in [-0.3, -0.25) is 9.59 Å². The van der Waals surface area contributed by atoms with Crippen LogP contribution in [0.2, 0.25) is 5.02 Å². The average Bonchev–Trinajstić information content (AvgIpc) is 2.77. The molecule has 1 fully saturated rings. The molecule has 2 aromatic carbocycles. The summed E-state index contributed by atoms with van der Waals surface area (Å²) in [5, 5.41) is 0.0657. The molecule has 9 heteroatoms. The lowest BCUT2D eigenvalue weighted by atomic mass is 10.1. The van der Waals surface area contributed by atoms with E-state index < -0.39 is 11.7 Å². The summed E-state index contributed by atoms with van der Waals surface area (Å²) in [6.07, 6.45) is 0. The normalized spacial score (nSPS) is 13.8. The zero-order valence-electron chi connectivity index (χ0n) is 16.9. The Kier molecular flexibility index (Phi) is 6.66. The molecule has 0 N–H and O–H groups in total. The Hall–Kier alpha value is -3.00. The largest absolute Gasteiger partial charge is 0.493 e. The number of carbonyl (C=O) groups excluding carboxylic acids is 2. The molecule has 1 aliphatic rings. The van der Waals surface area contributed by atoms with Crippen LogP contribution in [0.15, 0.2) is 30.3 Å². The molecule has 0 aliphatic carbocycles. The van der Waals surface area contributed by atoms with Crippen molar-refractivity contribution in [2.45, 2.75) is 0 Å². The summed E-state index contributed by atoms with van der Waals surface area (Å²) in [6, 6.07) is 7.29. The van der Waals surface area contributed by atoms with Crippen LogP contribution in [-0.2, 0) is 0 Å². The quantitative estimate of drug-likeness (QED) is 0.720. The summed E-state index contributed by atoms with van der Waals surface area (Å²) in [4.78, 5) is 28.8. The third-order valence-electron chi connectivity index (χ3n) is 4.94. The van der Waals surface area contributed by atoms with Crippen molar-refractivity contribution in [2.24, 2.45) is 0 Å². The number of halogens is 2. The minimum atomic E-state index is -0.663. The molecule has 3 rings (SSSR count). The first-order chi connectivity index (χ1) is 14.4. The smallest absolute Gasteiger partial charge is 0.258 e. The maximum atomic E-state index is 14.1. The lowest BCUT2D eigenvalue weighted by molar-refractivity contribution is 0.0532. The van der Waals surface area contributed by atoms with Crippen molar-refractivity contribution in [3.63, 3.8) is 0 Å². The summed E-state index contributed by atoms with van der Waals surface area (Å²) < 4.78 is 29.9. The molecule has 0 saturated carbocycles. The molecule has 1 aliphatic heterocycles. The Morgan fingerprint density at radius 3 is 1.90 bits per heavy atom. The molecular formula is C21H22ClFN2O5. The predicted molar refractivity (Wildman–Crippen MR) is 109 cm³/mol. The van der Waals surface area contributed by atoms with E-state index in [9.17, 15) is 14.0 Å². The van der Waals surface area contributed by atoms with Gasteiger partial charge in [-0.05, 0) is 24.3 Å². The summed E-state index contributed by atoms with van der Waals surface area (Å²) in [7, 11) is 4.44. The van der Waals surface area contributed by atoms with Gasteiger partial charge in [-0.25, -0.2) is 4.39 Å². The maximum absolute atomic E-state index is 14.1. The van der Waals surface area contributed by atoms with E-state index in [1.54, 1.807) is 17.0 Å². The van der Waals surface area contributed by atoms with Crippen LogP contribution in [0, 0.1) is 5.82 Å². The van der Waals surface area contributed by atoms with Crippen LogP contribution in [0.3, 0.4) is 0 Å². The highest BCUT2D eigenvalue weighted by molar-refractivity contribution is 6.33. The number of hydrogen-bond acceptors (Lipinski definition) is 5. The number of piperazine rings is 1. The maximum Gasteiger partial charge on any atom is 0.258 e. The van der Waals surface area contributed by atoms with E-state index in [2.05, 4.69) is 0 Å². The van der Waals surface area contributed by atoms with Crippen LogP contribution in [0.25, 0.3) is 0 Å². The highest BCUT2D eigenvalue weighted by Gasteiger charge is 2.29. The van der Waals surface area contributed by atoms with Crippen LogP contribution in [0.1, 0.15) is 20.7 Å². The first-order valence-corrected chi connectivity index (χ1v) is 9.61. The van der Waals surface area contributed by atoms with Gasteiger partial charge in [-0.1, -0.05) is 17.7 Å². The fraction of sp³-hybridized carbons (Fsp3) is 0.333. The molecular weight excluding hydrogens is 415 g/mol. The second-order valence-corrected chi connectivity index (χ2v) is 7.00. The molecule has 2 amide bonds. The molecule has 7 nitrogen and oxygen atoms in total. The van der Waals surface area contributed by atoms with Crippen molar-refractivity contribution in [3.8, 4) is 17.2 Å². The molecule has 1 heterocycles. The molecule has 2 aromatic rings. The number of rotatable bonds is 5. The van der Waals surface area contributed by atoms with Gasteiger partial charge < -0.3 is 24.0 Å². The van der Waals surface area contributed by atoms with E-state index in [1.165, 1.54) is 44.4 Å². The zero-order chi connectivity index (χ0) is 21.8. The molecule has 0 bridgehead atoms. The third-order valence-corrected chi connectivity index (χ3v) is 5.26. The van der Waals surface area contributed by atoms with E-state index in [1.807, 2.05) is 0 Å². The molecule has 0 unspecified atom stereocenters. The van der Waals surface area contributed by atoms with Crippen molar-refractivity contribution < 1.29 is 28.2 Å². The van der Waals surface area contributed by atoms with Gasteiger partial charge in [0.15, 0.2) is 11.5 Å². The standard InChI is InChI=1S/C21H22ClFN2O5/c1-28-16-11-13(12-17(29-2)19(16)30-3)20(26)24-7-9-25(10-8-24)21(27)18-14(22)5-4-6-15(18)23/h4-6,11-12H,7-10H2,1-3H3. The fourth-order valence-corrected chi connectivity index (χ4v) is 3.60. The molecule has 160 valence electrons. The molecule has 0 radical (unpaired) electrons. The van der Waals surface area contributed by atoms with Gasteiger partial charge in [0.05, 0.1) is 31.9 Å². The number of amides is 2. The molecule has 0 spiro atoms. The van der Waals surface area contributed by atoms with Gasteiger partial charge in [0.1, 0.15) is 5.82 Å². The second-order valence-electron chi connectivity index (χ2n) is 6.60.